The summed E-state index contributed by atoms with van der Waals surface area (Å²) < 4.78 is 1.76. The predicted octanol–water partition coefficient (Wildman–Crippen LogP) is 1.20. The van der Waals surface area contributed by atoms with E-state index in [1.165, 1.54) is 0 Å². The topological polar surface area (TPSA) is 72.9 Å². The van der Waals surface area contributed by atoms with Crippen molar-refractivity contribution in [2.75, 3.05) is 12.3 Å². The quantitative estimate of drug-likeness (QED) is 0.794. The highest BCUT2D eigenvalue weighted by Crippen LogP contribution is 2.15. The fourth-order valence-electron chi connectivity index (χ4n) is 1.69. The van der Waals surface area contributed by atoms with Gasteiger partial charge in [0.15, 0.2) is 0 Å². The number of anilines is 1. The molecule has 5 heteroatoms. The van der Waals surface area contributed by atoms with Gasteiger partial charge < -0.3 is 11.1 Å². The van der Waals surface area contributed by atoms with E-state index in [4.69, 9.17) is 5.73 Å². The van der Waals surface area contributed by atoms with Crippen LogP contribution in [0, 0.1) is 6.92 Å². The summed E-state index contributed by atoms with van der Waals surface area (Å²) in [6.45, 7) is 3.05. The monoisotopic (exact) mass is 244 g/mol. The standard InChI is InChI=1S/C13H16N4O/c1-10-4-2-5-11(12(10)14)13(18)15-7-9-17-8-3-6-16-17/h2-6,8H,7,9,14H2,1H3,(H,15,18). The molecule has 94 valence electrons. The molecule has 1 heterocycles. The molecule has 0 unspecified atom stereocenters. The van der Waals surface area contributed by atoms with Gasteiger partial charge in [-0.3, -0.25) is 9.48 Å². The number of benzene rings is 1. The summed E-state index contributed by atoms with van der Waals surface area (Å²) >= 11 is 0. The number of nitrogens with one attached hydrogen (secondary N) is 1. The number of aromatic nitrogens is 2. The molecule has 2 rings (SSSR count). The van der Waals surface area contributed by atoms with Crippen molar-refractivity contribution < 1.29 is 4.79 Å². The van der Waals surface area contributed by atoms with Crippen molar-refractivity contribution in [1.29, 1.82) is 0 Å². The zero-order chi connectivity index (χ0) is 13.0. The van der Waals surface area contributed by atoms with Crippen molar-refractivity contribution in [2.24, 2.45) is 0 Å². The highest BCUT2D eigenvalue weighted by molar-refractivity contribution is 5.99. The van der Waals surface area contributed by atoms with Crippen LogP contribution in [-0.4, -0.2) is 22.2 Å². The Bertz CT molecular complexity index is 534. The Morgan fingerprint density at radius 1 is 1.44 bits per heavy atom. The molecule has 18 heavy (non-hydrogen) atoms. The maximum atomic E-state index is 11.9. The molecule has 0 aliphatic carbocycles. The van der Waals surface area contributed by atoms with Gasteiger partial charge in [-0.2, -0.15) is 5.10 Å². The molecule has 0 saturated heterocycles. The number of nitrogens with zero attached hydrogens (tertiary/aromatic N) is 2. The van der Waals surface area contributed by atoms with Crippen LogP contribution < -0.4 is 11.1 Å². The summed E-state index contributed by atoms with van der Waals surface area (Å²) in [4.78, 5) is 11.9. The Morgan fingerprint density at radius 3 is 3.00 bits per heavy atom. The van der Waals surface area contributed by atoms with Crippen LogP contribution >= 0.6 is 0 Å². The number of carbonyl (C=O) groups excluding carboxylic acids is 1. The summed E-state index contributed by atoms with van der Waals surface area (Å²) in [5.74, 6) is -0.150. The molecular formula is C13H16N4O. The molecule has 2 aromatic rings. The molecule has 1 aromatic carbocycles. The summed E-state index contributed by atoms with van der Waals surface area (Å²) in [6.07, 6.45) is 3.56. The van der Waals surface area contributed by atoms with Gasteiger partial charge in [0.1, 0.15) is 0 Å². The highest BCUT2D eigenvalue weighted by Gasteiger charge is 2.09. The van der Waals surface area contributed by atoms with E-state index in [1.807, 2.05) is 31.3 Å². The third kappa shape index (κ3) is 2.68. The number of hydrogen-bond donors (Lipinski definition) is 2. The molecule has 1 aromatic heterocycles. The molecule has 1 amide bonds. The Kier molecular flexibility index (Phi) is 3.62. The number of nitrogen functional groups attached to an aromatic ring is 1. The number of rotatable bonds is 4. The van der Waals surface area contributed by atoms with E-state index < -0.39 is 0 Å². The van der Waals surface area contributed by atoms with Crippen LogP contribution in [0.5, 0.6) is 0 Å². The molecule has 0 saturated carbocycles. The van der Waals surface area contributed by atoms with Crippen LogP contribution in [0.1, 0.15) is 15.9 Å². The first-order valence-corrected chi connectivity index (χ1v) is 5.79. The first-order valence-electron chi connectivity index (χ1n) is 5.79. The maximum Gasteiger partial charge on any atom is 0.253 e. The van der Waals surface area contributed by atoms with Crippen molar-refractivity contribution in [2.45, 2.75) is 13.5 Å². The second-order valence-corrected chi connectivity index (χ2v) is 4.06. The first-order chi connectivity index (χ1) is 8.68. The van der Waals surface area contributed by atoms with Crippen LogP contribution in [0.25, 0.3) is 0 Å². The number of aryl methyl sites for hydroxylation is 1. The Morgan fingerprint density at radius 2 is 2.28 bits per heavy atom. The van der Waals surface area contributed by atoms with Gasteiger partial charge >= 0.3 is 0 Å². The Balaban J connectivity index is 1.93. The summed E-state index contributed by atoms with van der Waals surface area (Å²) in [5.41, 5.74) is 7.84. The maximum absolute atomic E-state index is 11.9. The van der Waals surface area contributed by atoms with Gasteiger partial charge in [-0.25, -0.2) is 0 Å². The molecular weight excluding hydrogens is 228 g/mol. The summed E-state index contributed by atoms with van der Waals surface area (Å²) in [6, 6.07) is 7.29. The van der Waals surface area contributed by atoms with E-state index in [1.54, 1.807) is 16.9 Å². The fourth-order valence-corrected chi connectivity index (χ4v) is 1.69. The van der Waals surface area contributed by atoms with Gasteiger partial charge in [0.2, 0.25) is 0 Å². The molecule has 0 spiro atoms. The fraction of sp³-hybridized carbons (Fsp3) is 0.231. The second-order valence-electron chi connectivity index (χ2n) is 4.06. The number of nitrogens with two attached hydrogens (primary N) is 1. The van der Waals surface area contributed by atoms with Crippen LogP contribution in [-0.2, 0) is 6.54 Å². The smallest absolute Gasteiger partial charge is 0.253 e. The van der Waals surface area contributed by atoms with Crippen LogP contribution in [0.3, 0.4) is 0 Å². The Labute approximate surface area is 106 Å². The van der Waals surface area contributed by atoms with E-state index in [-0.39, 0.29) is 5.91 Å². The van der Waals surface area contributed by atoms with Crippen molar-refractivity contribution in [1.82, 2.24) is 15.1 Å². The van der Waals surface area contributed by atoms with Gasteiger partial charge in [-0.05, 0) is 24.6 Å². The number of hydrogen-bond acceptors (Lipinski definition) is 3. The average molecular weight is 244 g/mol. The van der Waals surface area contributed by atoms with Gasteiger partial charge in [-0.15, -0.1) is 0 Å². The van der Waals surface area contributed by atoms with Gasteiger partial charge in [-0.1, -0.05) is 12.1 Å². The molecule has 0 fully saturated rings. The highest BCUT2D eigenvalue weighted by atomic mass is 16.1. The largest absolute Gasteiger partial charge is 0.398 e. The number of carbonyl (C=O) groups is 1. The molecule has 3 N–H and O–H groups in total. The lowest BCUT2D eigenvalue weighted by Gasteiger charge is -2.09. The number of amides is 1. The minimum Gasteiger partial charge on any atom is -0.398 e. The Hall–Kier alpha value is -2.30. The molecule has 0 bridgehead atoms. The normalized spacial score (nSPS) is 10.3. The third-order valence-electron chi connectivity index (χ3n) is 2.75. The van der Waals surface area contributed by atoms with E-state index in [2.05, 4.69) is 10.4 Å². The van der Waals surface area contributed by atoms with Gasteiger partial charge in [0.05, 0.1) is 12.1 Å². The second kappa shape index (κ2) is 5.35. The SMILES string of the molecule is Cc1cccc(C(=O)NCCn2cccn2)c1N. The van der Waals surface area contributed by atoms with Crippen molar-refractivity contribution in [3.05, 3.63) is 47.8 Å². The van der Waals surface area contributed by atoms with E-state index >= 15 is 0 Å². The minimum absolute atomic E-state index is 0.150. The summed E-state index contributed by atoms with van der Waals surface area (Å²) in [7, 11) is 0. The lowest BCUT2D eigenvalue weighted by Crippen LogP contribution is -2.28. The van der Waals surface area contributed by atoms with Gasteiger partial charge in [0.25, 0.3) is 5.91 Å². The zero-order valence-corrected chi connectivity index (χ0v) is 10.3. The van der Waals surface area contributed by atoms with E-state index in [9.17, 15) is 4.79 Å². The van der Waals surface area contributed by atoms with Crippen LogP contribution in [0.15, 0.2) is 36.7 Å². The molecule has 0 radical (unpaired) electrons. The molecule has 5 nitrogen and oxygen atoms in total. The average Bonchev–Trinajstić information content (AvgIpc) is 2.85. The van der Waals surface area contributed by atoms with Crippen LogP contribution in [0.2, 0.25) is 0 Å². The first kappa shape index (κ1) is 12.2. The van der Waals surface area contributed by atoms with Crippen LogP contribution in [0.4, 0.5) is 5.69 Å². The molecule has 0 aliphatic heterocycles. The molecule has 0 atom stereocenters. The predicted molar refractivity (Wildman–Crippen MR) is 70.2 cm³/mol. The lowest BCUT2D eigenvalue weighted by atomic mass is 10.1. The van der Waals surface area contributed by atoms with E-state index in [0.29, 0.717) is 24.3 Å². The van der Waals surface area contributed by atoms with Crippen molar-refractivity contribution in [3.8, 4) is 0 Å². The van der Waals surface area contributed by atoms with Gasteiger partial charge in [0, 0.05) is 24.6 Å². The third-order valence-corrected chi connectivity index (χ3v) is 2.75. The molecule has 0 aliphatic rings. The zero-order valence-electron chi connectivity index (χ0n) is 10.3. The lowest BCUT2D eigenvalue weighted by molar-refractivity contribution is 0.0953. The minimum atomic E-state index is -0.150. The van der Waals surface area contributed by atoms with E-state index in [0.717, 1.165) is 5.56 Å². The van der Waals surface area contributed by atoms with Crippen molar-refractivity contribution >= 4 is 11.6 Å². The summed E-state index contributed by atoms with van der Waals surface area (Å²) in [5, 5.41) is 6.88. The number of para-hydroxylation sites is 1. The van der Waals surface area contributed by atoms with Crippen molar-refractivity contribution in [3.63, 3.8) is 0 Å².